The van der Waals surface area contributed by atoms with Gasteiger partial charge in [-0.25, -0.2) is 4.98 Å². The molecule has 0 radical (unpaired) electrons. The van der Waals surface area contributed by atoms with Crippen molar-refractivity contribution in [1.82, 2.24) is 9.88 Å². The number of pyridine rings is 1. The minimum absolute atomic E-state index is 0.0701. The van der Waals surface area contributed by atoms with Crippen molar-refractivity contribution in [1.29, 1.82) is 0 Å². The Hall–Kier alpha value is -1.29. The third-order valence-corrected chi connectivity index (χ3v) is 3.93. The Balaban J connectivity index is 2.11. The normalized spacial score (nSPS) is 16.2. The molecule has 1 aliphatic rings. The van der Waals surface area contributed by atoms with Crippen LogP contribution < -0.4 is 5.32 Å². The van der Waals surface area contributed by atoms with Crippen LogP contribution >= 0.6 is 11.6 Å². The summed E-state index contributed by atoms with van der Waals surface area (Å²) >= 11 is 6.05. The molecular formula is C16H24ClN3O. The van der Waals surface area contributed by atoms with E-state index in [0.29, 0.717) is 16.5 Å². The van der Waals surface area contributed by atoms with Gasteiger partial charge in [-0.2, -0.15) is 0 Å². The van der Waals surface area contributed by atoms with Crippen LogP contribution in [0.25, 0.3) is 0 Å². The molecule has 1 aliphatic heterocycles. The maximum Gasteiger partial charge on any atom is 0.254 e. The zero-order valence-electron chi connectivity index (χ0n) is 12.7. The van der Waals surface area contributed by atoms with Gasteiger partial charge in [-0.1, -0.05) is 37.8 Å². The molecule has 4 nitrogen and oxygen atoms in total. The molecule has 0 saturated carbocycles. The molecule has 1 aromatic heterocycles. The minimum Gasteiger partial charge on any atom is -0.370 e. The minimum atomic E-state index is 0.0701. The van der Waals surface area contributed by atoms with Crippen molar-refractivity contribution in [3.63, 3.8) is 0 Å². The smallest absolute Gasteiger partial charge is 0.254 e. The predicted molar refractivity (Wildman–Crippen MR) is 87.0 cm³/mol. The highest BCUT2D eigenvalue weighted by Crippen LogP contribution is 2.18. The molecular weight excluding hydrogens is 286 g/mol. The first kappa shape index (κ1) is 16.1. The molecule has 116 valence electrons. The van der Waals surface area contributed by atoms with Crippen molar-refractivity contribution in [2.75, 3.05) is 25.0 Å². The number of halogens is 1. The highest BCUT2D eigenvalue weighted by atomic mass is 35.5. The van der Waals surface area contributed by atoms with Gasteiger partial charge < -0.3 is 10.2 Å². The monoisotopic (exact) mass is 309 g/mol. The Labute approximate surface area is 131 Å². The van der Waals surface area contributed by atoms with E-state index in [1.54, 1.807) is 6.07 Å². The SMILES string of the molecule is CCCNc1cc(C(=O)N2CCCCCCC2)cc(Cl)n1. The van der Waals surface area contributed by atoms with Gasteiger partial charge in [-0.3, -0.25) is 4.79 Å². The Morgan fingerprint density at radius 3 is 2.57 bits per heavy atom. The first-order valence-corrected chi connectivity index (χ1v) is 8.29. The first-order chi connectivity index (χ1) is 10.2. The number of carbonyl (C=O) groups excluding carboxylic acids is 1. The number of anilines is 1. The summed E-state index contributed by atoms with van der Waals surface area (Å²) in [6.07, 6.45) is 6.89. The van der Waals surface area contributed by atoms with Crippen LogP contribution in [0.4, 0.5) is 5.82 Å². The highest BCUT2D eigenvalue weighted by Gasteiger charge is 2.18. The van der Waals surface area contributed by atoms with Gasteiger partial charge in [0, 0.05) is 25.2 Å². The van der Waals surface area contributed by atoms with Crippen molar-refractivity contribution in [2.24, 2.45) is 0 Å². The number of amides is 1. The molecule has 1 saturated heterocycles. The summed E-state index contributed by atoms with van der Waals surface area (Å²) in [4.78, 5) is 18.8. The van der Waals surface area contributed by atoms with Crippen LogP contribution in [0, 0.1) is 0 Å². The largest absolute Gasteiger partial charge is 0.370 e. The number of aromatic nitrogens is 1. The van der Waals surface area contributed by atoms with E-state index in [-0.39, 0.29) is 5.91 Å². The van der Waals surface area contributed by atoms with Crippen LogP contribution in [-0.2, 0) is 0 Å². The fourth-order valence-electron chi connectivity index (χ4n) is 2.60. The molecule has 1 N–H and O–H groups in total. The van der Waals surface area contributed by atoms with E-state index in [0.717, 1.165) is 38.9 Å². The quantitative estimate of drug-likeness (QED) is 0.856. The third-order valence-electron chi connectivity index (χ3n) is 3.74. The van der Waals surface area contributed by atoms with Crippen LogP contribution in [-0.4, -0.2) is 35.4 Å². The van der Waals surface area contributed by atoms with Crippen LogP contribution in [0.15, 0.2) is 12.1 Å². The molecule has 21 heavy (non-hydrogen) atoms. The predicted octanol–water partition coefficient (Wildman–Crippen LogP) is 3.96. The fourth-order valence-corrected chi connectivity index (χ4v) is 2.81. The van der Waals surface area contributed by atoms with Crippen molar-refractivity contribution < 1.29 is 4.79 Å². The number of nitrogens with zero attached hydrogens (tertiary/aromatic N) is 2. The van der Waals surface area contributed by atoms with E-state index in [1.807, 2.05) is 11.0 Å². The first-order valence-electron chi connectivity index (χ1n) is 7.91. The maximum atomic E-state index is 12.7. The van der Waals surface area contributed by atoms with Crippen molar-refractivity contribution in [3.8, 4) is 0 Å². The lowest BCUT2D eigenvalue weighted by molar-refractivity contribution is 0.0742. The zero-order chi connectivity index (χ0) is 15.1. The number of carbonyl (C=O) groups is 1. The van der Waals surface area contributed by atoms with Gasteiger partial charge in [0.05, 0.1) is 0 Å². The molecule has 5 heteroatoms. The topological polar surface area (TPSA) is 45.2 Å². The highest BCUT2D eigenvalue weighted by molar-refractivity contribution is 6.29. The zero-order valence-corrected chi connectivity index (χ0v) is 13.5. The van der Waals surface area contributed by atoms with E-state index in [4.69, 9.17) is 11.6 Å². The van der Waals surface area contributed by atoms with Crippen molar-refractivity contribution in [2.45, 2.75) is 45.4 Å². The number of hydrogen-bond donors (Lipinski definition) is 1. The van der Waals surface area contributed by atoms with E-state index >= 15 is 0 Å². The lowest BCUT2D eigenvalue weighted by Gasteiger charge is -2.25. The molecule has 0 spiro atoms. The van der Waals surface area contributed by atoms with Crippen LogP contribution in [0.5, 0.6) is 0 Å². The lowest BCUT2D eigenvalue weighted by atomic mass is 10.1. The molecule has 0 unspecified atom stereocenters. The van der Waals surface area contributed by atoms with Gasteiger partial charge in [-0.15, -0.1) is 0 Å². The van der Waals surface area contributed by atoms with Crippen molar-refractivity contribution >= 4 is 23.3 Å². The lowest BCUT2D eigenvalue weighted by Crippen LogP contribution is -2.33. The van der Waals surface area contributed by atoms with E-state index in [1.165, 1.54) is 19.3 Å². The molecule has 0 aromatic carbocycles. The summed E-state index contributed by atoms with van der Waals surface area (Å²) in [6.45, 7) is 4.60. The Morgan fingerprint density at radius 1 is 1.24 bits per heavy atom. The second kappa shape index (κ2) is 8.23. The third kappa shape index (κ3) is 4.88. The number of nitrogens with one attached hydrogen (secondary N) is 1. The standard InChI is InChI=1S/C16H24ClN3O/c1-2-8-18-15-12-13(11-14(17)19-15)16(21)20-9-6-4-3-5-7-10-20/h11-12H,2-10H2,1H3,(H,18,19). The van der Waals surface area contributed by atoms with Gasteiger partial charge >= 0.3 is 0 Å². The summed E-state index contributed by atoms with van der Waals surface area (Å²) in [5.74, 6) is 0.750. The Morgan fingerprint density at radius 2 is 1.90 bits per heavy atom. The van der Waals surface area contributed by atoms with Gasteiger partial charge in [0.25, 0.3) is 5.91 Å². The molecule has 2 heterocycles. The number of rotatable bonds is 4. The molecule has 0 aliphatic carbocycles. The summed E-state index contributed by atoms with van der Waals surface area (Å²) in [5.41, 5.74) is 0.633. The van der Waals surface area contributed by atoms with Crippen LogP contribution in [0.1, 0.15) is 55.8 Å². The molecule has 0 bridgehead atoms. The Kier molecular flexibility index (Phi) is 6.30. The fraction of sp³-hybridized carbons (Fsp3) is 0.625. The van der Waals surface area contributed by atoms with Crippen LogP contribution in [0.2, 0.25) is 5.15 Å². The molecule has 1 aromatic rings. The summed E-state index contributed by atoms with van der Waals surface area (Å²) in [6, 6.07) is 3.47. The molecule has 1 amide bonds. The summed E-state index contributed by atoms with van der Waals surface area (Å²) in [5, 5.41) is 3.56. The van der Waals surface area contributed by atoms with Gasteiger partial charge in [0.15, 0.2) is 0 Å². The average Bonchev–Trinajstić information content (AvgIpc) is 2.43. The average molecular weight is 310 g/mol. The Bertz CT molecular complexity index is 471. The van der Waals surface area contributed by atoms with E-state index in [9.17, 15) is 4.79 Å². The van der Waals surface area contributed by atoms with Crippen molar-refractivity contribution in [3.05, 3.63) is 22.8 Å². The van der Waals surface area contributed by atoms with Gasteiger partial charge in [0.1, 0.15) is 11.0 Å². The number of likely N-dealkylation sites (tertiary alicyclic amines) is 1. The number of hydrogen-bond acceptors (Lipinski definition) is 3. The molecule has 1 fully saturated rings. The second-order valence-electron chi connectivity index (χ2n) is 5.55. The summed E-state index contributed by atoms with van der Waals surface area (Å²) < 4.78 is 0. The van der Waals surface area contributed by atoms with Gasteiger partial charge in [0.2, 0.25) is 0 Å². The maximum absolute atomic E-state index is 12.7. The van der Waals surface area contributed by atoms with Gasteiger partial charge in [-0.05, 0) is 31.4 Å². The van der Waals surface area contributed by atoms with E-state index < -0.39 is 0 Å². The second-order valence-corrected chi connectivity index (χ2v) is 5.94. The molecule has 0 atom stereocenters. The summed E-state index contributed by atoms with van der Waals surface area (Å²) in [7, 11) is 0. The molecule has 2 rings (SSSR count). The van der Waals surface area contributed by atoms with E-state index in [2.05, 4.69) is 17.2 Å². The van der Waals surface area contributed by atoms with Crippen LogP contribution in [0.3, 0.4) is 0 Å².